The Kier molecular flexibility index (Phi) is 8.91. The fourth-order valence-electron chi connectivity index (χ4n) is 4.90. The van der Waals surface area contributed by atoms with Crippen molar-refractivity contribution < 1.29 is 32.3 Å². The molecule has 5 rings (SSSR count). The number of alkyl halides is 3. The van der Waals surface area contributed by atoms with Crippen LogP contribution in [0.25, 0.3) is 5.69 Å². The van der Waals surface area contributed by atoms with E-state index in [2.05, 4.69) is 15.7 Å². The lowest BCUT2D eigenvalue weighted by Crippen LogP contribution is -2.39. The van der Waals surface area contributed by atoms with E-state index in [9.17, 15) is 27.6 Å². The molecule has 13 heteroatoms. The number of methoxy groups -OCH3 is 1. The number of anilines is 1. The summed E-state index contributed by atoms with van der Waals surface area (Å²) in [5.74, 6) is -1.44. The van der Waals surface area contributed by atoms with Crippen molar-refractivity contribution in [1.29, 1.82) is 0 Å². The fourth-order valence-corrected chi connectivity index (χ4v) is 5.03. The summed E-state index contributed by atoms with van der Waals surface area (Å²) in [5.41, 5.74) is -0.490. The Morgan fingerprint density at radius 2 is 1.75 bits per heavy atom. The second-order valence-corrected chi connectivity index (χ2v) is 10.4. The maximum absolute atomic E-state index is 14.1. The van der Waals surface area contributed by atoms with E-state index >= 15 is 0 Å². The standard InChI is InChI=1S/C31H27ClF3N5O4/c1-44-22-11-12-25(24(17-22)29(42)36-15-13-26(41)37-18-19-7-9-20(32)10-8-19)40-27-23(28(38-40)31(33,34)35)14-16-39(30(27)43)21-5-3-2-4-6-21/h2-12,17H,13-16,18H2,1H3,(H,36,42)(H,37,41). The summed E-state index contributed by atoms with van der Waals surface area (Å²) in [4.78, 5) is 40.8. The van der Waals surface area contributed by atoms with Crippen LogP contribution in [0.15, 0.2) is 72.8 Å². The van der Waals surface area contributed by atoms with Crippen LogP contribution >= 0.6 is 11.6 Å². The van der Waals surface area contributed by atoms with Gasteiger partial charge in [0.1, 0.15) is 11.4 Å². The van der Waals surface area contributed by atoms with Crippen LogP contribution in [0.1, 0.15) is 44.1 Å². The zero-order chi connectivity index (χ0) is 31.4. The molecule has 0 fully saturated rings. The molecular weight excluding hydrogens is 599 g/mol. The number of para-hydroxylation sites is 1. The Bertz CT molecular complexity index is 1690. The van der Waals surface area contributed by atoms with Gasteiger partial charge in [0.2, 0.25) is 5.91 Å². The molecule has 1 aromatic heterocycles. The van der Waals surface area contributed by atoms with E-state index in [1.54, 1.807) is 54.6 Å². The Balaban J connectivity index is 1.41. The molecule has 0 spiro atoms. The highest BCUT2D eigenvalue weighted by atomic mass is 35.5. The lowest BCUT2D eigenvalue weighted by atomic mass is 10.0. The van der Waals surface area contributed by atoms with E-state index in [1.165, 1.54) is 30.2 Å². The van der Waals surface area contributed by atoms with Crippen LogP contribution in [0.3, 0.4) is 0 Å². The third kappa shape index (κ3) is 6.55. The molecule has 0 saturated carbocycles. The smallest absolute Gasteiger partial charge is 0.435 e. The molecule has 2 heterocycles. The monoisotopic (exact) mass is 625 g/mol. The molecule has 0 bridgehead atoms. The zero-order valence-electron chi connectivity index (χ0n) is 23.5. The first-order valence-electron chi connectivity index (χ1n) is 13.6. The number of carbonyl (C=O) groups is 3. The molecule has 0 unspecified atom stereocenters. The predicted molar refractivity (Wildman–Crippen MR) is 157 cm³/mol. The summed E-state index contributed by atoms with van der Waals surface area (Å²) in [6.45, 7) is 0.234. The second-order valence-electron chi connectivity index (χ2n) is 9.92. The van der Waals surface area contributed by atoms with Gasteiger partial charge in [-0.2, -0.15) is 18.3 Å². The number of rotatable bonds is 9. The lowest BCUT2D eigenvalue weighted by molar-refractivity contribution is -0.142. The van der Waals surface area contributed by atoms with Crippen molar-refractivity contribution in [3.63, 3.8) is 0 Å². The fraction of sp³-hybridized carbons (Fsp3) is 0.226. The Labute approximate surface area is 255 Å². The highest BCUT2D eigenvalue weighted by Gasteiger charge is 2.43. The van der Waals surface area contributed by atoms with Crippen LogP contribution < -0.4 is 20.3 Å². The van der Waals surface area contributed by atoms with Crippen LogP contribution in [0.5, 0.6) is 5.75 Å². The normalized spacial score (nSPS) is 12.9. The Morgan fingerprint density at radius 3 is 2.43 bits per heavy atom. The number of nitrogens with one attached hydrogen (secondary N) is 2. The molecule has 3 amide bonds. The van der Waals surface area contributed by atoms with Gasteiger partial charge >= 0.3 is 6.18 Å². The number of carbonyl (C=O) groups excluding carboxylic acids is 3. The van der Waals surface area contributed by atoms with E-state index in [-0.39, 0.29) is 66.6 Å². The SMILES string of the molecule is COc1ccc(-n2nc(C(F)(F)F)c3c2C(=O)N(c2ccccc2)CC3)c(C(=O)NCCC(=O)NCc2ccc(Cl)cc2)c1. The number of hydrogen-bond acceptors (Lipinski definition) is 5. The average Bonchev–Trinajstić information content (AvgIpc) is 3.42. The van der Waals surface area contributed by atoms with Crippen LogP contribution in [0.4, 0.5) is 18.9 Å². The van der Waals surface area contributed by atoms with E-state index in [1.807, 2.05) is 0 Å². The number of hydrogen-bond donors (Lipinski definition) is 2. The number of fused-ring (bicyclic) bond motifs is 1. The number of nitrogens with zero attached hydrogens (tertiary/aromatic N) is 3. The van der Waals surface area contributed by atoms with Gasteiger partial charge in [-0.15, -0.1) is 0 Å². The van der Waals surface area contributed by atoms with E-state index < -0.39 is 23.7 Å². The average molecular weight is 626 g/mol. The topological polar surface area (TPSA) is 106 Å². The number of benzene rings is 3. The minimum atomic E-state index is -4.83. The zero-order valence-corrected chi connectivity index (χ0v) is 24.2. The summed E-state index contributed by atoms with van der Waals surface area (Å²) in [6, 6.07) is 19.7. The van der Waals surface area contributed by atoms with Gasteiger partial charge in [-0.3, -0.25) is 14.4 Å². The molecule has 1 aliphatic heterocycles. The summed E-state index contributed by atoms with van der Waals surface area (Å²) in [7, 11) is 1.38. The van der Waals surface area contributed by atoms with Gasteiger partial charge in [0.15, 0.2) is 5.69 Å². The van der Waals surface area contributed by atoms with Crippen molar-refractivity contribution in [2.75, 3.05) is 25.1 Å². The summed E-state index contributed by atoms with van der Waals surface area (Å²) in [5, 5.41) is 9.77. The van der Waals surface area contributed by atoms with Crippen molar-refractivity contribution in [3.8, 4) is 11.4 Å². The maximum atomic E-state index is 14.1. The highest BCUT2D eigenvalue weighted by Crippen LogP contribution is 2.37. The van der Waals surface area contributed by atoms with Gasteiger partial charge in [-0.05, 0) is 54.4 Å². The molecule has 228 valence electrons. The van der Waals surface area contributed by atoms with Gasteiger partial charge in [0.25, 0.3) is 11.8 Å². The number of aromatic nitrogens is 2. The van der Waals surface area contributed by atoms with Gasteiger partial charge in [-0.1, -0.05) is 41.9 Å². The predicted octanol–water partition coefficient (Wildman–Crippen LogP) is 5.19. The van der Waals surface area contributed by atoms with Gasteiger partial charge in [0, 0.05) is 42.3 Å². The third-order valence-electron chi connectivity index (χ3n) is 7.07. The van der Waals surface area contributed by atoms with Crippen LogP contribution in [-0.2, 0) is 23.9 Å². The molecular formula is C31H27ClF3N5O4. The molecule has 44 heavy (non-hydrogen) atoms. The molecule has 1 aliphatic rings. The first kappa shape index (κ1) is 30.6. The van der Waals surface area contributed by atoms with Crippen LogP contribution in [0, 0.1) is 0 Å². The minimum Gasteiger partial charge on any atom is -0.497 e. The maximum Gasteiger partial charge on any atom is 0.435 e. The van der Waals surface area contributed by atoms with E-state index in [0.717, 1.165) is 10.2 Å². The number of halogens is 4. The van der Waals surface area contributed by atoms with Gasteiger partial charge in [0.05, 0.1) is 18.4 Å². The molecule has 0 saturated heterocycles. The summed E-state index contributed by atoms with van der Waals surface area (Å²) in [6.07, 6.45) is -4.98. The van der Waals surface area contributed by atoms with E-state index in [0.29, 0.717) is 10.7 Å². The largest absolute Gasteiger partial charge is 0.497 e. The molecule has 9 nitrogen and oxygen atoms in total. The number of amides is 3. The van der Waals surface area contributed by atoms with Gasteiger partial charge in [-0.25, -0.2) is 4.68 Å². The first-order chi connectivity index (χ1) is 21.1. The molecule has 2 N–H and O–H groups in total. The molecule has 3 aromatic carbocycles. The molecule has 0 radical (unpaired) electrons. The summed E-state index contributed by atoms with van der Waals surface area (Å²) >= 11 is 5.88. The Hall–Kier alpha value is -4.84. The van der Waals surface area contributed by atoms with Gasteiger partial charge < -0.3 is 20.3 Å². The molecule has 0 atom stereocenters. The van der Waals surface area contributed by atoms with Crippen LogP contribution in [-0.4, -0.2) is 47.7 Å². The van der Waals surface area contributed by atoms with E-state index in [4.69, 9.17) is 16.3 Å². The quantitative estimate of drug-likeness (QED) is 0.266. The second kappa shape index (κ2) is 12.8. The molecule has 0 aliphatic carbocycles. The first-order valence-corrected chi connectivity index (χ1v) is 14.0. The van der Waals surface area contributed by atoms with Crippen molar-refractivity contribution in [2.24, 2.45) is 0 Å². The van der Waals surface area contributed by atoms with Crippen molar-refractivity contribution in [3.05, 3.63) is 106 Å². The Morgan fingerprint density at radius 1 is 1.02 bits per heavy atom. The number of ether oxygens (including phenoxy) is 1. The lowest BCUT2D eigenvalue weighted by Gasteiger charge is -2.28. The van der Waals surface area contributed by atoms with Crippen LogP contribution in [0.2, 0.25) is 5.02 Å². The molecule has 4 aromatic rings. The van der Waals surface area contributed by atoms with Crippen molar-refractivity contribution >= 4 is 35.0 Å². The highest BCUT2D eigenvalue weighted by molar-refractivity contribution is 6.30. The third-order valence-corrected chi connectivity index (χ3v) is 7.32. The van der Waals surface area contributed by atoms with Crippen molar-refractivity contribution in [2.45, 2.75) is 25.6 Å². The van der Waals surface area contributed by atoms with Crippen molar-refractivity contribution in [1.82, 2.24) is 20.4 Å². The summed E-state index contributed by atoms with van der Waals surface area (Å²) < 4.78 is 48.5. The minimum absolute atomic E-state index is 0.0284.